The first-order chi connectivity index (χ1) is 17.3. The van der Waals surface area contributed by atoms with Gasteiger partial charge in [0.05, 0.1) is 12.0 Å². The topological polar surface area (TPSA) is 87.0 Å². The van der Waals surface area contributed by atoms with Crippen LogP contribution in [0.3, 0.4) is 0 Å². The minimum Gasteiger partial charge on any atom is -0.490 e. The van der Waals surface area contributed by atoms with Gasteiger partial charge in [-0.15, -0.1) is 0 Å². The summed E-state index contributed by atoms with van der Waals surface area (Å²) in [6, 6.07) is 18.4. The van der Waals surface area contributed by atoms with Crippen molar-refractivity contribution in [1.29, 1.82) is 0 Å². The van der Waals surface area contributed by atoms with Gasteiger partial charge in [-0.05, 0) is 43.3 Å². The van der Waals surface area contributed by atoms with Crippen molar-refractivity contribution in [2.24, 2.45) is 0 Å². The molecule has 0 unspecified atom stereocenters. The van der Waals surface area contributed by atoms with Crippen molar-refractivity contribution in [3.05, 3.63) is 88.8 Å². The van der Waals surface area contributed by atoms with Crippen LogP contribution in [0.2, 0.25) is 0 Å². The second-order valence-electron chi connectivity index (χ2n) is 7.43. The van der Waals surface area contributed by atoms with Crippen molar-refractivity contribution < 1.29 is 36.6 Å². The maximum atomic E-state index is 13.8. The quantitative estimate of drug-likeness (QED) is 0.319. The van der Waals surface area contributed by atoms with E-state index in [0.29, 0.717) is 5.69 Å². The van der Waals surface area contributed by atoms with Crippen molar-refractivity contribution in [2.75, 3.05) is 18.5 Å². The summed E-state index contributed by atoms with van der Waals surface area (Å²) in [5.41, 5.74) is -0.842. The molecule has 3 aromatic carbocycles. The number of fused-ring (bicyclic) bond motifs is 1. The Morgan fingerprint density at radius 3 is 2.33 bits per heavy atom. The van der Waals surface area contributed by atoms with Crippen LogP contribution >= 0.6 is 0 Å². The molecule has 0 saturated heterocycles. The molecule has 0 spiro atoms. The molecule has 0 atom stereocenters. The van der Waals surface area contributed by atoms with E-state index >= 15 is 0 Å². The highest BCUT2D eigenvalue weighted by Crippen LogP contribution is 2.40. The number of anilines is 1. The number of benzene rings is 3. The average molecular weight is 499 g/mol. The summed E-state index contributed by atoms with van der Waals surface area (Å²) in [6.07, 6.45) is -5.03. The molecule has 4 rings (SSSR count). The van der Waals surface area contributed by atoms with Crippen molar-refractivity contribution in [2.45, 2.75) is 13.1 Å². The van der Waals surface area contributed by atoms with E-state index in [9.17, 15) is 22.8 Å². The molecule has 186 valence electrons. The van der Waals surface area contributed by atoms with Crippen molar-refractivity contribution in [3.8, 4) is 23.0 Å². The highest BCUT2D eigenvalue weighted by Gasteiger charge is 2.40. The van der Waals surface area contributed by atoms with E-state index in [1.165, 1.54) is 30.3 Å². The van der Waals surface area contributed by atoms with Gasteiger partial charge in [-0.3, -0.25) is 9.59 Å². The molecule has 1 heterocycles. The molecule has 1 aromatic heterocycles. The molecule has 0 saturated carbocycles. The second-order valence-corrected chi connectivity index (χ2v) is 7.43. The van der Waals surface area contributed by atoms with Gasteiger partial charge < -0.3 is 23.9 Å². The van der Waals surface area contributed by atoms with Gasteiger partial charge in [0.15, 0.2) is 18.1 Å². The number of carbonyl (C=O) groups is 1. The average Bonchev–Trinajstić information content (AvgIpc) is 2.85. The Bertz CT molecular complexity index is 1430. The number of hydrogen-bond acceptors (Lipinski definition) is 6. The van der Waals surface area contributed by atoms with Crippen LogP contribution in [0.4, 0.5) is 18.9 Å². The van der Waals surface area contributed by atoms with E-state index in [1.807, 2.05) is 0 Å². The van der Waals surface area contributed by atoms with Crippen LogP contribution in [-0.4, -0.2) is 19.1 Å². The lowest BCUT2D eigenvalue weighted by Crippen LogP contribution is -2.20. The van der Waals surface area contributed by atoms with E-state index in [2.05, 4.69) is 5.32 Å². The van der Waals surface area contributed by atoms with E-state index < -0.39 is 35.6 Å². The zero-order valence-corrected chi connectivity index (χ0v) is 18.9. The predicted octanol–water partition coefficient (Wildman–Crippen LogP) is 6.02. The monoisotopic (exact) mass is 499 g/mol. The van der Waals surface area contributed by atoms with Crippen LogP contribution in [0.1, 0.15) is 12.7 Å². The minimum absolute atomic E-state index is 0.0392. The summed E-state index contributed by atoms with van der Waals surface area (Å²) in [4.78, 5) is 25.1. The summed E-state index contributed by atoms with van der Waals surface area (Å²) < 4.78 is 62.7. The smallest absolute Gasteiger partial charge is 0.453 e. The molecule has 0 radical (unpaired) electrons. The molecule has 0 bridgehead atoms. The molecule has 7 nitrogen and oxygen atoms in total. The largest absolute Gasteiger partial charge is 0.490 e. The summed E-state index contributed by atoms with van der Waals surface area (Å²) in [7, 11) is 0. The standard InChI is InChI=1S/C26H20F3NO6/c1-2-33-19-10-6-7-11-20(19)35-24-23(32)18-13-12-17(14-21(18)36-25(24)26(27,28)29)34-15-22(31)30-16-8-4-3-5-9-16/h3-14H,2,15H2,1H3,(H,30,31). The first-order valence-electron chi connectivity index (χ1n) is 10.8. The Balaban J connectivity index is 1.64. The lowest BCUT2D eigenvalue weighted by atomic mass is 10.2. The van der Waals surface area contributed by atoms with Crippen LogP contribution in [0.5, 0.6) is 23.0 Å². The number of ether oxygens (including phenoxy) is 3. The Morgan fingerprint density at radius 1 is 0.944 bits per heavy atom. The van der Waals surface area contributed by atoms with Crippen LogP contribution in [0.25, 0.3) is 11.0 Å². The van der Waals surface area contributed by atoms with Gasteiger partial charge in [0.25, 0.3) is 11.7 Å². The zero-order valence-electron chi connectivity index (χ0n) is 18.9. The number of rotatable bonds is 8. The molecular formula is C26H20F3NO6. The third-order valence-corrected chi connectivity index (χ3v) is 4.87. The summed E-state index contributed by atoms with van der Waals surface area (Å²) in [5, 5.41) is 2.46. The van der Waals surface area contributed by atoms with Gasteiger partial charge in [0.2, 0.25) is 11.2 Å². The lowest BCUT2D eigenvalue weighted by Gasteiger charge is -2.15. The van der Waals surface area contributed by atoms with E-state index in [0.717, 1.165) is 6.07 Å². The second kappa shape index (κ2) is 10.4. The zero-order chi connectivity index (χ0) is 25.7. The van der Waals surface area contributed by atoms with Gasteiger partial charge in [-0.2, -0.15) is 13.2 Å². The Hall–Kier alpha value is -4.47. The van der Waals surface area contributed by atoms with Crippen LogP contribution in [0, 0.1) is 0 Å². The molecular weight excluding hydrogens is 479 g/mol. The summed E-state index contributed by atoms with van der Waals surface area (Å²) in [5.74, 6) is -2.96. The first-order valence-corrected chi connectivity index (χ1v) is 10.8. The highest BCUT2D eigenvalue weighted by molar-refractivity contribution is 5.91. The minimum atomic E-state index is -5.03. The summed E-state index contributed by atoms with van der Waals surface area (Å²) in [6.45, 7) is 1.53. The predicted molar refractivity (Wildman–Crippen MR) is 126 cm³/mol. The van der Waals surface area contributed by atoms with Crippen molar-refractivity contribution in [1.82, 2.24) is 0 Å². The van der Waals surface area contributed by atoms with Gasteiger partial charge in [0, 0.05) is 11.8 Å². The number of nitrogens with one attached hydrogen (secondary N) is 1. The van der Waals surface area contributed by atoms with E-state index in [4.69, 9.17) is 18.6 Å². The molecule has 10 heteroatoms. The third-order valence-electron chi connectivity index (χ3n) is 4.87. The van der Waals surface area contributed by atoms with Crippen LogP contribution < -0.4 is 25.0 Å². The normalized spacial score (nSPS) is 11.2. The van der Waals surface area contributed by atoms with Gasteiger partial charge >= 0.3 is 6.18 Å². The number of halogens is 3. The van der Waals surface area contributed by atoms with Crippen LogP contribution in [-0.2, 0) is 11.0 Å². The maximum absolute atomic E-state index is 13.8. The first kappa shape index (κ1) is 24.6. The number of hydrogen-bond donors (Lipinski definition) is 1. The van der Waals surface area contributed by atoms with Gasteiger partial charge in [0.1, 0.15) is 11.3 Å². The maximum Gasteiger partial charge on any atom is 0.453 e. The molecule has 1 N–H and O–H groups in total. The molecule has 0 aliphatic rings. The fraction of sp³-hybridized carbons (Fsp3) is 0.154. The SMILES string of the molecule is CCOc1ccccc1Oc1c(C(F)(F)F)oc2cc(OCC(=O)Nc3ccccc3)ccc2c1=O. The summed E-state index contributed by atoms with van der Waals surface area (Å²) >= 11 is 0. The molecule has 1 amide bonds. The third kappa shape index (κ3) is 5.60. The molecule has 4 aromatic rings. The Labute approximate surface area is 203 Å². The van der Waals surface area contributed by atoms with E-state index in [-0.39, 0.29) is 34.8 Å². The molecule has 36 heavy (non-hydrogen) atoms. The van der Waals surface area contributed by atoms with Crippen molar-refractivity contribution >= 4 is 22.6 Å². The number of amides is 1. The fourth-order valence-corrected chi connectivity index (χ4v) is 3.31. The molecule has 0 aliphatic heterocycles. The van der Waals surface area contributed by atoms with Gasteiger partial charge in [-0.25, -0.2) is 0 Å². The van der Waals surface area contributed by atoms with E-state index in [1.54, 1.807) is 43.3 Å². The molecule has 0 aliphatic carbocycles. The lowest BCUT2D eigenvalue weighted by molar-refractivity contribution is -0.154. The number of alkyl halides is 3. The highest BCUT2D eigenvalue weighted by atomic mass is 19.4. The fourth-order valence-electron chi connectivity index (χ4n) is 3.31. The van der Waals surface area contributed by atoms with Crippen LogP contribution in [0.15, 0.2) is 82.0 Å². The van der Waals surface area contributed by atoms with Gasteiger partial charge in [-0.1, -0.05) is 30.3 Å². The number of carbonyl (C=O) groups excluding carboxylic acids is 1. The Morgan fingerprint density at radius 2 is 1.64 bits per heavy atom. The molecule has 0 fully saturated rings. The van der Waals surface area contributed by atoms with Crippen molar-refractivity contribution in [3.63, 3.8) is 0 Å². The number of para-hydroxylation sites is 3. The Kier molecular flexibility index (Phi) is 7.14.